The molecule has 2 aliphatic rings. The van der Waals surface area contributed by atoms with E-state index in [4.69, 9.17) is 9.84 Å². The average molecular weight is 514 g/mol. The van der Waals surface area contributed by atoms with Crippen molar-refractivity contribution >= 4 is 5.97 Å². The molecule has 2 aromatic heterocycles. The maximum atomic E-state index is 14.2. The second kappa shape index (κ2) is 9.59. The monoisotopic (exact) mass is 513 g/mol. The first-order valence-corrected chi connectivity index (χ1v) is 12.6. The highest BCUT2D eigenvalue weighted by molar-refractivity contribution is 5.89. The lowest BCUT2D eigenvalue weighted by molar-refractivity contribution is -0.262. The van der Waals surface area contributed by atoms with E-state index in [1.807, 2.05) is 13.0 Å². The maximum Gasteiger partial charge on any atom is 0.417 e. The van der Waals surface area contributed by atoms with Crippen molar-refractivity contribution in [2.24, 2.45) is 5.92 Å². The summed E-state index contributed by atoms with van der Waals surface area (Å²) in [5.41, 5.74) is 1.26. The Kier molecular flexibility index (Phi) is 6.60. The number of hydrogen-bond acceptors (Lipinski definition) is 5. The van der Waals surface area contributed by atoms with Gasteiger partial charge in [0.2, 0.25) is 0 Å². The zero-order chi connectivity index (χ0) is 26.4. The highest BCUT2D eigenvalue weighted by Crippen LogP contribution is 2.48. The molecule has 0 amide bonds. The molecule has 0 aliphatic heterocycles. The summed E-state index contributed by atoms with van der Waals surface area (Å²) in [6, 6.07) is 10.5. The van der Waals surface area contributed by atoms with Gasteiger partial charge in [-0.1, -0.05) is 18.6 Å². The molecule has 37 heavy (non-hydrogen) atoms. The summed E-state index contributed by atoms with van der Waals surface area (Å²) >= 11 is 0. The van der Waals surface area contributed by atoms with E-state index < -0.39 is 36.5 Å². The van der Waals surface area contributed by atoms with E-state index in [9.17, 15) is 23.1 Å². The fraction of sp³-hybridized carbons (Fsp3) is 0.464. The Hall–Kier alpha value is -3.20. The average Bonchev–Trinajstić information content (AvgIpc) is 3.10. The van der Waals surface area contributed by atoms with Crippen LogP contribution in [-0.4, -0.2) is 44.7 Å². The quantitative estimate of drug-likeness (QED) is 0.355. The smallest absolute Gasteiger partial charge is 0.417 e. The number of rotatable bonds is 5. The molecule has 1 aromatic carbocycles. The molecule has 0 saturated heterocycles. The van der Waals surface area contributed by atoms with E-state index in [-0.39, 0.29) is 6.42 Å². The number of aromatic nitrogens is 3. The molecule has 1 N–H and O–H groups in total. The number of halogens is 3. The summed E-state index contributed by atoms with van der Waals surface area (Å²) in [6.07, 6.45) is -0.977. The van der Waals surface area contributed by atoms with Crippen LogP contribution in [0.1, 0.15) is 70.8 Å². The van der Waals surface area contributed by atoms with Gasteiger partial charge in [0.05, 0.1) is 18.4 Å². The van der Waals surface area contributed by atoms with Crippen molar-refractivity contribution in [1.29, 1.82) is 0 Å². The molecule has 5 rings (SSSR count). The van der Waals surface area contributed by atoms with E-state index in [0.717, 1.165) is 30.4 Å². The Balaban J connectivity index is 1.72. The van der Waals surface area contributed by atoms with Gasteiger partial charge in [0.15, 0.2) is 5.60 Å². The van der Waals surface area contributed by atoms with Gasteiger partial charge in [-0.05, 0) is 73.9 Å². The number of methoxy groups -OCH3 is 1. The number of carbonyl (C=O) groups excluding carboxylic acids is 1. The van der Waals surface area contributed by atoms with Gasteiger partial charge in [-0.25, -0.2) is 4.79 Å². The molecule has 9 heteroatoms. The van der Waals surface area contributed by atoms with Gasteiger partial charge in [-0.3, -0.25) is 9.67 Å². The van der Waals surface area contributed by atoms with E-state index in [2.05, 4.69) is 4.98 Å². The fourth-order valence-corrected chi connectivity index (χ4v) is 5.58. The Bertz CT molecular complexity index is 1300. The maximum absolute atomic E-state index is 14.2. The number of hydrogen-bond donors (Lipinski definition) is 1. The van der Waals surface area contributed by atoms with Crippen LogP contribution in [0.4, 0.5) is 13.2 Å². The van der Waals surface area contributed by atoms with Gasteiger partial charge in [0.1, 0.15) is 5.69 Å². The third-order valence-corrected chi connectivity index (χ3v) is 7.91. The normalized spacial score (nSPS) is 22.2. The molecular weight excluding hydrogens is 483 g/mol. The predicted octanol–water partition coefficient (Wildman–Crippen LogP) is 5.60. The number of carbonyl (C=O) groups is 1. The van der Waals surface area contributed by atoms with Crippen molar-refractivity contribution in [3.8, 4) is 11.4 Å². The molecule has 3 aromatic rings. The minimum atomic E-state index is -4.79. The van der Waals surface area contributed by atoms with Crippen molar-refractivity contribution in [2.45, 2.75) is 69.7 Å². The highest BCUT2D eigenvalue weighted by atomic mass is 19.4. The zero-order valence-corrected chi connectivity index (χ0v) is 20.9. The summed E-state index contributed by atoms with van der Waals surface area (Å²) in [7, 11) is 1.30. The first-order chi connectivity index (χ1) is 17.6. The van der Waals surface area contributed by atoms with Crippen LogP contribution in [0.2, 0.25) is 0 Å². The van der Waals surface area contributed by atoms with E-state index in [1.54, 1.807) is 41.2 Å². The van der Waals surface area contributed by atoms with Crippen LogP contribution >= 0.6 is 0 Å². The molecule has 1 saturated carbocycles. The molecule has 2 heterocycles. The molecule has 0 radical (unpaired) electrons. The lowest BCUT2D eigenvalue weighted by Crippen LogP contribution is -2.47. The Labute approximate surface area is 213 Å². The highest BCUT2D eigenvalue weighted by Gasteiger charge is 2.56. The lowest BCUT2D eigenvalue weighted by Gasteiger charge is -2.30. The number of fused-ring (bicyclic) bond motifs is 1. The van der Waals surface area contributed by atoms with Crippen molar-refractivity contribution in [2.75, 3.05) is 7.11 Å². The molecule has 0 bridgehead atoms. The minimum Gasteiger partial charge on any atom is -0.465 e. The van der Waals surface area contributed by atoms with Crippen LogP contribution in [0, 0.1) is 12.8 Å². The molecule has 0 spiro atoms. The van der Waals surface area contributed by atoms with Crippen molar-refractivity contribution in [3.63, 3.8) is 0 Å². The number of esters is 1. The predicted molar refractivity (Wildman–Crippen MR) is 131 cm³/mol. The topological polar surface area (TPSA) is 77.2 Å². The summed E-state index contributed by atoms with van der Waals surface area (Å²) < 4.78 is 49.3. The van der Waals surface area contributed by atoms with Crippen molar-refractivity contribution in [1.82, 2.24) is 14.8 Å². The van der Waals surface area contributed by atoms with Crippen LogP contribution in [0.5, 0.6) is 0 Å². The molecule has 196 valence electrons. The first-order valence-electron chi connectivity index (χ1n) is 12.6. The van der Waals surface area contributed by atoms with Crippen molar-refractivity contribution in [3.05, 3.63) is 70.5 Å². The number of nitrogens with zero attached hydrogens (tertiary/aromatic N) is 3. The lowest BCUT2D eigenvalue weighted by atomic mass is 9.83. The van der Waals surface area contributed by atoms with E-state index in [1.165, 1.54) is 7.11 Å². The van der Waals surface area contributed by atoms with Crippen LogP contribution < -0.4 is 0 Å². The molecule has 2 aliphatic carbocycles. The molecule has 2 atom stereocenters. The standard InChI is InChI=1S/C28H30F3N3O3/c1-17-14-19(26(35)37-2)9-10-20(17)21-11-12-27(36,28(29,30)31)15-23-24(21)25(22-8-3-4-13-32-22)33-34(23)16-18-6-5-7-18/h3-4,8-10,13-14,18,21,36H,5-7,11-12,15-16H2,1-2H3/t21-,27-/m0/s1. The first kappa shape index (κ1) is 25.4. The summed E-state index contributed by atoms with van der Waals surface area (Å²) in [6.45, 7) is 2.34. The number of aliphatic hydroxyl groups is 1. The third-order valence-electron chi connectivity index (χ3n) is 7.91. The Morgan fingerprint density at radius 2 is 2.00 bits per heavy atom. The van der Waals surface area contributed by atoms with E-state index >= 15 is 0 Å². The fourth-order valence-electron chi connectivity index (χ4n) is 5.58. The van der Waals surface area contributed by atoms with Gasteiger partial charge in [0.25, 0.3) is 0 Å². The second-order valence-electron chi connectivity index (χ2n) is 10.3. The van der Waals surface area contributed by atoms with Crippen LogP contribution in [0.25, 0.3) is 11.4 Å². The van der Waals surface area contributed by atoms with Gasteiger partial charge in [-0.15, -0.1) is 0 Å². The molecule has 0 unspecified atom stereocenters. The number of ether oxygens (including phenoxy) is 1. The third kappa shape index (κ3) is 4.65. The van der Waals surface area contributed by atoms with Crippen molar-refractivity contribution < 1.29 is 27.8 Å². The molecule has 1 fully saturated rings. The molecule has 6 nitrogen and oxygen atoms in total. The molecular formula is C28H30F3N3O3. The zero-order valence-electron chi connectivity index (χ0n) is 20.9. The summed E-state index contributed by atoms with van der Waals surface area (Å²) in [5, 5.41) is 15.8. The Morgan fingerprint density at radius 3 is 2.59 bits per heavy atom. The number of pyridine rings is 1. The largest absolute Gasteiger partial charge is 0.465 e. The second-order valence-corrected chi connectivity index (χ2v) is 10.3. The minimum absolute atomic E-state index is 0.0658. The summed E-state index contributed by atoms with van der Waals surface area (Å²) in [5.74, 6) is -0.599. The number of aryl methyl sites for hydroxylation is 1. The van der Waals surface area contributed by atoms with Gasteiger partial charge in [-0.2, -0.15) is 18.3 Å². The van der Waals surface area contributed by atoms with Gasteiger partial charge in [0, 0.05) is 36.3 Å². The van der Waals surface area contributed by atoms with Crippen LogP contribution in [0.3, 0.4) is 0 Å². The van der Waals surface area contributed by atoms with E-state index in [0.29, 0.717) is 40.7 Å². The Morgan fingerprint density at radius 1 is 1.22 bits per heavy atom. The SMILES string of the molecule is COC(=O)c1ccc([C@@H]2CC[C@@](O)(C(F)(F)F)Cc3c2c(-c2ccccn2)nn3CC2CCC2)c(C)c1. The number of benzene rings is 1. The summed E-state index contributed by atoms with van der Waals surface area (Å²) in [4.78, 5) is 16.6. The number of alkyl halides is 3. The van der Waals surface area contributed by atoms with Gasteiger partial charge < -0.3 is 9.84 Å². The van der Waals surface area contributed by atoms with Crippen LogP contribution in [-0.2, 0) is 17.7 Å². The van der Waals surface area contributed by atoms with Gasteiger partial charge >= 0.3 is 12.1 Å². The van der Waals surface area contributed by atoms with Crippen LogP contribution in [0.15, 0.2) is 42.6 Å².